The van der Waals surface area contributed by atoms with Crippen LogP contribution in [0.3, 0.4) is 0 Å². The van der Waals surface area contributed by atoms with E-state index in [1.54, 1.807) is 17.2 Å². The summed E-state index contributed by atoms with van der Waals surface area (Å²) in [5.74, 6) is 0. The third-order valence-electron chi connectivity index (χ3n) is 1.35. The van der Waals surface area contributed by atoms with Crippen LogP contribution in [-0.4, -0.2) is 14.8 Å². The van der Waals surface area contributed by atoms with Gasteiger partial charge in [0.2, 0.25) is 0 Å². The van der Waals surface area contributed by atoms with Gasteiger partial charge in [0.25, 0.3) is 0 Å². The molecule has 0 atom stereocenters. The Balaban J connectivity index is 2.65. The predicted molar refractivity (Wildman–Crippen MR) is 39.4 cm³/mol. The van der Waals surface area contributed by atoms with Gasteiger partial charge >= 0.3 is 0 Å². The molecule has 4 nitrogen and oxygen atoms in total. The van der Waals surface area contributed by atoms with Gasteiger partial charge in [-0.05, 0) is 13.8 Å². The third kappa shape index (κ3) is 2.04. The maximum atomic E-state index is 8.69. The maximum absolute atomic E-state index is 8.69. The highest BCUT2D eigenvalue weighted by atomic mass is 15.2. The molecule has 0 aliphatic carbocycles. The number of rotatable bonds is 2. The molecule has 0 saturated carbocycles. The standard InChI is InChI=1S/C7H10N4/c1-7(2,3-8)4-11-5-9-10-6-11/h5-6H,4H2,1-2H3. The Morgan fingerprint density at radius 3 is 2.45 bits per heavy atom. The molecule has 0 spiro atoms. The molecule has 0 saturated heterocycles. The SMILES string of the molecule is CC(C)(C#N)Cn1cnnc1. The minimum atomic E-state index is -0.345. The molecule has 1 heterocycles. The van der Waals surface area contributed by atoms with Crippen molar-refractivity contribution in [1.29, 1.82) is 5.26 Å². The molecular weight excluding hydrogens is 140 g/mol. The number of hydrogen-bond donors (Lipinski definition) is 0. The molecule has 0 radical (unpaired) electrons. The van der Waals surface area contributed by atoms with Crippen molar-refractivity contribution < 1.29 is 0 Å². The first kappa shape index (κ1) is 7.73. The van der Waals surface area contributed by atoms with Gasteiger partial charge in [-0.2, -0.15) is 5.26 Å². The highest BCUT2D eigenvalue weighted by Gasteiger charge is 2.16. The summed E-state index contributed by atoms with van der Waals surface area (Å²) in [6, 6.07) is 2.20. The molecule has 4 heteroatoms. The summed E-state index contributed by atoms with van der Waals surface area (Å²) in [7, 11) is 0. The molecule has 0 aromatic carbocycles. The summed E-state index contributed by atoms with van der Waals surface area (Å²) in [4.78, 5) is 0. The molecule has 1 aromatic rings. The maximum Gasteiger partial charge on any atom is 0.119 e. The molecule has 11 heavy (non-hydrogen) atoms. The quantitative estimate of drug-likeness (QED) is 0.627. The zero-order chi connectivity index (χ0) is 8.32. The molecule has 1 aromatic heterocycles. The van der Waals surface area contributed by atoms with Crippen LogP contribution in [0.5, 0.6) is 0 Å². The topological polar surface area (TPSA) is 54.5 Å². The van der Waals surface area contributed by atoms with Gasteiger partial charge in [-0.15, -0.1) is 10.2 Å². The fraction of sp³-hybridized carbons (Fsp3) is 0.571. The Bertz CT molecular complexity index is 254. The van der Waals surface area contributed by atoms with Gasteiger partial charge in [-0.3, -0.25) is 0 Å². The van der Waals surface area contributed by atoms with Crippen LogP contribution in [0.15, 0.2) is 12.7 Å². The van der Waals surface area contributed by atoms with Crippen LogP contribution < -0.4 is 0 Å². The lowest BCUT2D eigenvalue weighted by atomic mass is 9.96. The fourth-order valence-electron chi connectivity index (χ4n) is 0.796. The predicted octanol–water partition coefficient (Wildman–Crippen LogP) is 0.828. The lowest BCUT2D eigenvalue weighted by Crippen LogP contribution is -2.16. The highest BCUT2D eigenvalue weighted by molar-refractivity contribution is 4.91. The van der Waals surface area contributed by atoms with Gasteiger partial charge in [-0.25, -0.2) is 0 Å². The van der Waals surface area contributed by atoms with E-state index in [4.69, 9.17) is 5.26 Å². The Hall–Kier alpha value is -1.37. The molecule has 0 aliphatic heterocycles. The third-order valence-corrected chi connectivity index (χ3v) is 1.35. The number of nitriles is 1. The number of hydrogen-bond acceptors (Lipinski definition) is 3. The van der Waals surface area contributed by atoms with E-state index in [2.05, 4.69) is 16.3 Å². The van der Waals surface area contributed by atoms with Crippen molar-refractivity contribution in [1.82, 2.24) is 14.8 Å². The Morgan fingerprint density at radius 1 is 1.45 bits per heavy atom. The van der Waals surface area contributed by atoms with E-state index in [0.29, 0.717) is 6.54 Å². The monoisotopic (exact) mass is 150 g/mol. The van der Waals surface area contributed by atoms with E-state index < -0.39 is 0 Å². The normalized spacial score (nSPS) is 11.0. The second-order valence-electron chi connectivity index (χ2n) is 3.13. The van der Waals surface area contributed by atoms with E-state index >= 15 is 0 Å². The first-order valence-corrected chi connectivity index (χ1v) is 3.38. The number of aromatic nitrogens is 3. The fourth-order valence-corrected chi connectivity index (χ4v) is 0.796. The first-order valence-electron chi connectivity index (χ1n) is 3.38. The summed E-state index contributed by atoms with van der Waals surface area (Å²) >= 11 is 0. The second-order valence-corrected chi connectivity index (χ2v) is 3.13. The van der Waals surface area contributed by atoms with Crippen molar-refractivity contribution in [2.24, 2.45) is 5.41 Å². The highest BCUT2D eigenvalue weighted by Crippen LogP contribution is 2.15. The van der Waals surface area contributed by atoms with E-state index in [0.717, 1.165) is 0 Å². The zero-order valence-corrected chi connectivity index (χ0v) is 6.65. The van der Waals surface area contributed by atoms with Crippen molar-refractivity contribution in [2.75, 3.05) is 0 Å². The van der Waals surface area contributed by atoms with Crippen molar-refractivity contribution in [3.05, 3.63) is 12.7 Å². The van der Waals surface area contributed by atoms with Gasteiger partial charge in [0.05, 0.1) is 11.5 Å². The Morgan fingerprint density at radius 2 is 2.00 bits per heavy atom. The first-order chi connectivity index (χ1) is 5.14. The molecule has 0 aliphatic rings. The van der Waals surface area contributed by atoms with Gasteiger partial charge in [0.15, 0.2) is 0 Å². The summed E-state index contributed by atoms with van der Waals surface area (Å²) in [5.41, 5.74) is -0.345. The average Bonchev–Trinajstić information content (AvgIpc) is 2.39. The largest absolute Gasteiger partial charge is 0.319 e. The Labute approximate surface area is 65.5 Å². The molecule has 0 bridgehead atoms. The van der Waals surface area contributed by atoms with E-state index in [1.807, 2.05) is 13.8 Å². The average molecular weight is 150 g/mol. The van der Waals surface area contributed by atoms with Crippen molar-refractivity contribution in [3.63, 3.8) is 0 Å². The molecule has 0 N–H and O–H groups in total. The summed E-state index contributed by atoms with van der Waals surface area (Å²) in [5, 5.41) is 16.0. The minimum absolute atomic E-state index is 0.345. The van der Waals surface area contributed by atoms with Gasteiger partial charge < -0.3 is 4.57 Å². The summed E-state index contributed by atoms with van der Waals surface area (Å²) in [6.07, 6.45) is 3.22. The van der Waals surface area contributed by atoms with Crippen LogP contribution in [0.25, 0.3) is 0 Å². The molecular formula is C7H10N4. The van der Waals surface area contributed by atoms with E-state index in [1.165, 1.54) is 0 Å². The van der Waals surface area contributed by atoms with Crippen molar-refractivity contribution in [2.45, 2.75) is 20.4 Å². The van der Waals surface area contributed by atoms with E-state index in [-0.39, 0.29) is 5.41 Å². The lowest BCUT2D eigenvalue weighted by Gasteiger charge is -2.14. The van der Waals surface area contributed by atoms with Gasteiger partial charge in [-0.1, -0.05) is 0 Å². The van der Waals surface area contributed by atoms with Crippen LogP contribution in [-0.2, 0) is 6.54 Å². The Kier molecular flexibility index (Phi) is 1.90. The van der Waals surface area contributed by atoms with Gasteiger partial charge in [0, 0.05) is 6.54 Å². The van der Waals surface area contributed by atoms with Crippen LogP contribution in [0, 0.1) is 16.7 Å². The van der Waals surface area contributed by atoms with Crippen LogP contribution >= 0.6 is 0 Å². The lowest BCUT2D eigenvalue weighted by molar-refractivity contribution is 0.408. The smallest absolute Gasteiger partial charge is 0.119 e. The molecule has 1 rings (SSSR count). The molecule has 0 unspecified atom stereocenters. The van der Waals surface area contributed by atoms with Gasteiger partial charge in [0.1, 0.15) is 12.7 Å². The zero-order valence-electron chi connectivity index (χ0n) is 6.65. The number of nitrogens with zero attached hydrogens (tertiary/aromatic N) is 4. The summed E-state index contributed by atoms with van der Waals surface area (Å²) < 4.78 is 1.79. The van der Waals surface area contributed by atoms with Crippen LogP contribution in [0.1, 0.15) is 13.8 Å². The summed E-state index contributed by atoms with van der Waals surface area (Å²) in [6.45, 7) is 4.40. The molecule has 58 valence electrons. The second kappa shape index (κ2) is 2.70. The van der Waals surface area contributed by atoms with Crippen LogP contribution in [0.4, 0.5) is 0 Å². The molecule has 0 amide bonds. The van der Waals surface area contributed by atoms with Crippen LogP contribution in [0.2, 0.25) is 0 Å². The van der Waals surface area contributed by atoms with Crippen molar-refractivity contribution >= 4 is 0 Å². The van der Waals surface area contributed by atoms with E-state index in [9.17, 15) is 0 Å². The minimum Gasteiger partial charge on any atom is -0.319 e. The van der Waals surface area contributed by atoms with Crippen molar-refractivity contribution in [3.8, 4) is 6.07 Å². The molecule has 0 fully saturated rings.